The molecule has 0 aliphatic carbocycles. The third kappa shape index (κ3) is 4.33. The van der Waals surface area contributed by atoms with Crippen molar-refractivity contribution in [3.8, 4) is 0 Å². The molecular weight excluding hydrogens is 449 g/mol. The highest BCUT2D eigenvalue weighted by Gasteiger charge is 2.13. The van der Waals surface area contributed by atoms with Crippen molar-refractivity contribution in [2.45, 2.75) is 13.1 Å². The SMILES string of the molecule is O=C(Cn1cnc2c(Cl)cc(Cl)cc2c1=O)Nc1ccnn1Cc1cccc(Cl)c1. The zero-order valence-electron chi connectivity index (χ0n) is 15.3. The number of amides is 1. The summed E-state index contributed by atoms with van der Waals surface area (Å²) in [6.07, 6.45) is 2.86. The van der Waals surface area contributed by atoms with Crippen LogP contribution in [-0.4, -0.2) is 25.2 Å². The maximum atomic E-state index is 12.7. The first kappa shape index (κ1) is 20.4. The molecule has 0 fully saturated rings. The summed E-state index contributed by atoms with van der Waals surface area (Å²) in [6.45, 7) is 0.200. The number of carbonyl (C=O) groups excluding carboxylic acids is 1. The highest BCUT2D eigenvalue weighted by molar-refractivity contribution is 6.38. The Bertz CT molecular complexity index is 1320. The number of carbonyl (C=O) groups is 1. The number of anilines is 1. The quantitative estimate of drug-likeness (QED) is 0.481. The summed E-state index contributed by atoms with van der Waals surface area (Å²) in [4.78, 5) is 29.4. The molecule has 0 atom stereocenters. The molecule has 0 aliphatic rings. The van der Waals surface area contributed by atoms with Crippen LogP contribution in [0.2, 0.25) is 15.1 Å². The number of nitrogens with zero attached hydrogens (tertiary/aromatic N) is 4. The normalized spacial score (nSPS) is 11.0. The van der Waals surface area contributed by atoms with Gasteiger partial charge in [0, 0.05) is 16.1 Å². The second kappa shape index (κ2) is 8.47. The van der Waals surface area contributed by atoms with Crippen LogP contribution in [0.3, 0.4) is 0 Å². The Labute approximate surface area is 185 Å². The molecule has 1 amide bonds. The van der Waals surface area contributed by atoms with E-state index in [9.17, 15) is 9.59 Å². The third-order valence-electron chi connectivity index (χ3n) is 4.37. The van der Waals surface area contributed by atoms with Crippen molar-refractivity contribution < 1.29 is 4.79 Å². The van der Waals surface area contributed by atoms with E-state index >= 15 is 0 Å². The third-order valence-corrected chi connectivity index (χ3v) is 5.11. The molecule has 10 heteroatoms. The Morgan fingerprint density at radius 1 is 1.07 bits per heavy atom. The summed E-state index contributed by atoms with van der Waals surface area (Å²) in [5.74, 6) is 0.0899. The first-order valence-electron chi connectivity index (χ1n) is 8.81. The fourth-order valence-corrected chi connectivity index (χ4v) is 3.77. The molecule has 2 heterocycles. The summed E-state index contributed by atoms with van der Waals surface area (Å²) in [5.41, 5.74) is 0.861. The van der Waals surface area contributed by atoms with Crippen LogP contribution in [0, 0.1) is 0 Å². The van der Waals surface area contributed by atoms with Crippen molar-refractivity contribution in [1.82, 2.24) is 19.3 Å². The summed E-state index contributed by atoms with van der Waals surface area (Å²) >= 11 is 18.1. The van der Waals surface area contributed by atoms with Gasteiger partial charge < -0.3 is 5.32 Å². The molecule has 0 unspecified atom stereocenters. The van der Waals surface area contributed by atoms with Gasteiger partial charge in [-0.25, -0.2) is 9.67 Å². The number of fused-ring (bicyclic) bond motifs is 1. The lowest BCUT2D eigenvalue weighted by Crippen LogP contribution is -2.28. The van der Waals surface area contributed by atoms with E-state index in [4.69, 9.17) is 34.8 Å². The zero-order chi connectivity index (χ0) is 21.3. The maximum absolute atomic E-state index is 12.7. The molecule has 0 bridgehead atoms. The van der Waals surface area contributed by atoms with Gasteiger partial charge in [0.15, 0.2) is 0 Å². The zero-order valence-corrected chi connectivity index (χ0v) is 17.6. The van der Waals surface area contributed by atoms with Crippen LogP contribution in [0.5, 0.6) is 0 Å². The van der Waals surface area contributed by atoms with Gasteiger partial charge in [-0.3, -0.25) is 14.2 Å². The first-order chi connectivity index (χ1) is 14.4. The van der Waals surface area contributed by atoms with Crippen LogP contribution in [0.1, 0.15) is 5.56 Å². The predicted octanol–water partition coefficient (Wildman–Crippen LogP) is 4.24. The highest BCUT2D eigenvalue weighted by atomic mass is 35.5. The number of aromatic nitrogens is 4. The minimum absolute atomic E-state index is 0.228. The molecule has 1 N–H and O–H groups in total. The summed E-state index contributed by atoms with van der Waals surface area (Å²) in [5, 5.41) is 8.44. The summed E-state index contributed by atoms with van der Waals surface area (Å²) in [6, 6.07) is 12.0. The van der Waals surface area contributed by atoms with E-state index < -0.39 is 11.5 Å². The molecular formula is C20H14Cl3N5O2. The van der Waals surface area contributed by atoms with Crippen LogP contribution < -0.4 is 10.9 Å². The molecule has 152 valence electrons. The van der Waals surface area contributed by atoms with Gasteiger partial charge >= 0.3 is 0 Å². The number of benzene rings is 2. The molecule has 7 nitrogen and oxygen atoms in total. The standard InChI is InChI=1S/C20H14Cl3N5O2/c21-13-3-1-2-12(6-13)9-28-17(4-5-25-28)26-18(29)10-27-11-24-19-15(20(27)30)7-14(22)8-16(19)23/h1-8,11H,9-10H2,(H,26,29). The van der Waals surface area contributed by atoms with Gasteiger partial charge in [-0.15, -0.1) is 0 Å². The Morgan fingerprint density at radius 3 is 2.70 bits per heavy atom. The van der Waals surface area contributed by atoms with Gasteiger partial charge in [0.1, 0.15) is 12.4 Å². The highest BCUT2D eigenvalue weighted by Crippen LogP contribution is 2.24. The number of rotatable bonds is 5. The van der Waals surface area contributed by atoms with Crippen LogP contribution in [-0.2, 0) is 17.9 Å². The van der Waals surface area contributed by atoms with E-state index in [0.717, 1.165) is 5.56 Å². The first-order valence-corrected chi connectivity index (χ1v) is 9.94. The lowest BCUT2D eigenvalue weighted by atomic mass is 10.2. The Balaban J connectivity index is 1.53. The molecule has 0 aliphatic heterocycles. The second-order valence-corrected chi connectivity index (χ2v) is 7.79. The van der Waals surface area contributed by atoms with E-state index in [-0.39, 0.29) is 17.0 Å². The van der Waals surface area contributed by atoms with E-state index in [2.05, 4.69) is 15.4 Å². The van der Waals surface area contributed by atoms with Gasteiger partial charge in [0.25, 0.3) is 5.56 Å². The van der Waals surface area contributed by atoms with Gasteiger partial charge in [0.2, 0.25) is 5.91 Å². The lowest BCUT2D eigenvalue weighted by molar-refractivity contribution is -0.116. The van der Waals surface area contributed by atoms with Gasteiger partial charge in [-0.2, -0.15) is 5.10 Å². The van der Waals surface area contributed by atoms with Crippen molar-refractivity contribution in [3.05, 3.63) is 86.0 Å². The van der Waals surface area contributed by atoms with E-state index in [0.29, 0.717) is 27.9 Å². The van der Waals surface area contributed by atoms with Crippen molar-refractivity contribution in [2.24, 2.45) is 0 Å². The van der Waals surface area contributed by atoms with Crippen molar-refractivity contribution in [2.75, 3.05) is 5.32 Å². The molecule has 4 aromatic rings. The summed E-state index contributed by atoms with van der Waals surface area (Å²) < 4.78 is 2.83. The molecule has 0 saturated heterocycles. The molecule has 0 saturated carbocycles. The van der Waals surface area contributed by atoms with Crippen LogP contribution in [0.4, 0.5) is 5.82 Å². The van der Waals surface area contributed by atoms with Gasteiger partial charge in [-0.1, -0.05) is 46.9 Å². The fraction of sp³-hybridized carbons (Fsp3) is 0.100. The monoisotopic (exact) mass is 461 g/mol. The van der Waals surface area contributed by atoms with Crippen LogP contribution in [0.15, 0.2) is 59.8 Å². The summed E-state index contributed by atoms with van der Waals surface area (Å²) in [7, 11) is 0. The van der Waals surface area contributed by atoms with Crippen molar-refractivity contribution in [3.63, 3.8) is 0 Å². The lowest BCUT2D eigenvalue weighted by Gasteiger charge is -2.11. The minimum Gasteiger partial charge on any atom is -0.309 e. The number of halogens is 3. The Hall–Kier alpha value is -2.87. The number of hydrogen-bond acceptors (Lipinski definition) is 4. The fourth-order valence-electron chi connectivity index (χ4n) is 3.02. The van der Waals surface area contributed by atoms with Crippen LogP contribution >= 0.6 is 34.8 Å². The predicted molar refractivity (Wildman–Crippen MR) is 117 cm³/mol. The molecule has 2 aromatic carbocycles. The Kier molecular flexibility index (Phi) is 5.76. The molecule has 0 spiro atoms. The second-order valence-electron chi connectivity index (χ2n) is 6.51. The van der Waals surface area contributed by atoms with Gasteiger partial charge in [0.05, 0.1) is 35.0 Å². The van der Waals surface area contributed by atoms with E-state index in [1.54, 1.807) is 23.0 Å². The number of hydrogen-bond donors (Lipinski definition) is 1. The maximum Gasteiger partial charge on any atom is 0.261 e. The van der Waals surface area contributed by atoms with E-state index in [1.807, 2.05) is 18.2 Å². The van der Waals surface area contributed by atoms with Crippen molar-refractivity contribution in [1.29, 1.82) is 0 Å². The van der Waals surface area contributed by atoms with Crippen molar-refractivity contribution >= 4 is 57.4 Å². The van der Waals surface area contributed by atoms with E-state index in [1.165, 1.54) is 23.0 Å². The largest absolute Gasteiger partial charge is 0.309 e. The van der Waals surface area contributed by atoms with Crippen LogP contribution in [0.25, 0.3) is 10.9 Å². The molecule has 0 radical (unpaired) electrons. The minimum atomic E-state index is -0.410. The molecule has 2 aromatic heterocycles. The molecule has 4 rings (SSSR count). The average Bonchev–Trinajstić information content (AvgIpc) is 3.11. The number of nitrogens with one attached hydrogen (secondary N) is 1. The topological polar surface area (TPSA) is 81.8 Å². The molecule has 30 heavy (non-hydrogen) atoms. The van der Waals surface area contributed by atoms with Gasteiger partial charge in [-0.05, 0) is 29.8 Å². The Morgan fingerprint density at radius 2 is 1.90 bits per heavy atom. The smallest absolute Gasteiger partial charge is 0.261 e. The average molecular weight is 463 g/mol.